The molecule has 26 heavy (non-hydrogen) atoms. The predicted molar refractivity (Wildman–Crippen MR) is 105 cm³/mol. The monoisotopic (exact) mass is 346 g/mol. The number of benzene rings is 1. The Labute approximate surface area is 154 Å². The van der Waals surface area contributed by atoms with Gasteiger partial charge in [0, 0.05) is 18.2 Å². The van der Waals surface area contributed by atoms with Gasteiger partial charge in [0.25, 0.3) is 0 Å². The molecule has 4 nitrogen and oxygen atoms in total. The van der Waals surface area contributed by atoms with E-state index in [0.29, 0.717) is 12.0 Å². The van der Waals surface area contributed by atoms with E-state index in [0.717, 1.165) is 17.6 Å². The van der Waals surface area contributed by atoms with Gasteiger partial charge in [0.05, 0.1) is 35.3 Å². The normalized spacial score (nSPS) is 21.5. The third-order valence-electron chi connectivity index (χ3n) is 6.21. The highest BCUT2D eigenvalue weighted by Gasteiger charge is 2.27. The number of H-pyrrole nitrogens is 1. The van der Waals surface area contributed by atoms with E-state index in [1.807, 2.05) is 0 Å². The minimum Gasteiger partial charge on any atom is -0.363 e. The van der Waals surface area contributed by atoms with Crippen LogP contribution in [0, 0.1) is 0 Å². The molecule has 3 aromatic rings. The molecule has 0 spiro atoms. The van der Waals surface area contributed by atoms with E-state index in [9.17, 15) is 0 Å². The van der Waals surface area contributed by atoms with Crippen LogP contribution in [-0.2, 0) is 0 Å². The summed E-state index contributed by atoms with van der Waals surface area (Å²) in [5.74, 6) is 0.676. The molecule has 1 saturated carbocycles. The molecule has 2 fully saturated rings. The Morgan fingerprint density at radius 1 is 0.923 bits per heavy atom. The maximum atomic E-state index is 4.86. The summed E-state index contributed by atoms with van der Waals surface area (Å²) in [6.07, 6.45) is 13.0. The molecular weight excluding hydrogens is 320 g/mol. The van der Waals surface area contributed by atoms with E-state index in [1.165, 1.54) is 61.9 Å². The fraction of sp³-hybridized carbons (Fsp3) is 0.455. The van der Waals surface area contributed by atoms with Crippen molar-refractivity contribution in [2.75, 3.05) is 11.4 Å². The van der Waals surface area contributed by atoms with Gasteiger partial charge in [0.15, 0.2) is 0 Å². The Morgan fingerprint density at radius 2 is 1.85 bits per heavy atom. The summed E-state index contributed by atoms with van der Waals surface area (Å²) >= 11 is 0. The number of pyridine rings is 1. The Kier molecular flexibility index (Phi) is 4.12. The van der Waals surface area contributed by atoms with E-state index in [1.54, 1.807) is 6.33 Å². The van der Waals surface area contributed by atoms with Gasteiger partial charge in [0.2, 0.25) is 0 Å². The molecule has 0 amide bonds. The average molecular weight is 346 g/mol. The Hall–Kier alpha value is -2.36. The molecule has 1 atom stereocenters. The molecule has 5 rings (SSSR count). The zero-order valence-electron chi connectivity index (χ0n) is 15.2. The maximum Gasteiger partial charge on any atom is 0.0931 e. The summed E-state index contributed by atoms with van der Waals surface area (Å²) in [6, 6.07) is 11.6. The lowest BCUT2D eigenvalue weighted by Gasteiger charge is -2.28. The summed E-state index contributed by atoms with van der Waals surface area (Å²) in [6.45, 7) is 1.11. The minimum absolute atomic E-state index is 0.435. The van der Waals surface area contributed by atoms with Gasteiger partial charge in [-0.25, -0.2) is 4.98 Å². The van der Waals surface area contributed by atoms with Crippen LogP contribution >= 0.6 is 0 Å². The van der Waals surface area contributed by atoms with Crippen molar-refractivity contribution in [2.24, 2.45) is 0 Å². The van der Waals surface area contributed by atoms with Gasteiger partial charge in [-0.3, -0.25) is 4.98 Å². The van der Waals surface area contributed by atoms with Gasteiger partial charge in [0.1, 0.15) is 0 Å². The first-order valence-electron chi connectivity index (χ1n) is 10.0. The first-order chi connectivity index (χ1) is 12.9. The molecule has 1 N–H and O–H groups in total. The largest absolute Gasteiger partial charge is 0.363 e. The van der Waals surface area contributed by atoms with E-state index in [4.69, 9.17) is 4.98 Å². The van der Waals surface area contributed by atoms with Gasteiger partial charge in [-0.15, -0.1) is 0 Å². The van der Waals surface area contributed by atoms with Gasteiger partial charge >= 0.3 is 0 Å². The fourth-order valence-electron chi connectivity index (χ4n) is 4.79. The number of rotatable bonds is 3. The molecule has 3 heterocycles. The number of anilines is 1. The molecule has 2 aromatic heterocycles. The summed E-state index contributed by atoms with van der Waals surface area (Å²) in [7, 11) is 0. The Balaban J connectivity index is 1.39. The third kappa shape index (κ3) is 2.87. The first kappa shape index (κ1) is 15.9. The molecule has 0 bridgehead atoms. The predicted octanol–water partition coefficient (Wildman–Crippen LogP) is 5.35. The number of nitrogens with zero attached hydrogens (tertiary/aromatic N) is 3. The van der Waals surface area contributed by atoms with E-state index in [-0.39, 0.29) is 0 Å². The van der Waals surface area contributed by atoms with Crippen molar-refractivity contribution in [2.45, 2.75) is 56.9 Å². The van der Waals surface area contributed by atoms with Crippen LogP contribution in [-0.4, -0.2) is 21.5 Å². The molecule has 0 radical (unpaired) electrons. The van der Waals surface area contributed by atoms with Crippen molar-refractivity contribution in [3.8, 4) is 0 Å². The highest BCUT2D eigenvalue weighted by Crippen LogP contribution is 2.37. The van der Waals surface area contributed by atoms with Gasteiger partial charge in [-0.2, -0.15) is 0 Å². The Bertz CT molecular complexity index is 877. The number of hydrogen-bond donors (Lipinski definition) is 1. The zero-order chi connectivity index (χ0) is 17.3. The van der Waals surface area contributed by atoms with E-state index < -0.39 is 0 Å². The third-order valence-corrected chi connectivity index (χ3v) is 6.21. The molecule has 0 unspecified atom stereocenters. The zero-order valence-corrected chi connectivity index (χ0v) is 15.2. The van der Waals surface area contributed by atoms with E-state index in [2.05, 4.69) is 51.4 Å². The molecule has 1 aliphatic carbocycles. The smallest absolute Gasteiger partial charge is 0.0931 e. The number of aromatic nitrogens is 3. The lowest BCUT2D eigenvalue weighted by atomic mass is 9.87. The lowest BCUT2D eigenvalue weighted by molar-refractivity contribution is 0.436. The van der Waals surface area contributed by atoms with Crippen LogP contribution in [0.5, 0.6) is 0 Å². The maximum absolute atomic E-state index is 4.86. The number of hydrogen-bond acceptors (Lipinski definition) is 3. The van der Waals surface area contributed by atoms with Crippen molar-refractivity contribution in [3.63, 3.8) is 0 Å². The van der Waals surface area contributed by atoms with Gasteiger partial charge in [-0.05, 0) is 55.5 Å². The highest BCUT2D eigenvalue weighted by atomic mass is 15.2. The quantitative estimate of drug-likeness (QED) is 0.695. The molecular formula is C22H26N4. The number of aromatic amines is 1. The summed E-state index contributed by atoms with van der Waals surface area (Å²) in [4.78, 5) is 15.0. The number of imidazole rings is 1. The van der Waals surface area contributed by atoms with Crippen molar-refractivity contribution >= 4 is 16.7 Å². The summed E-state index contributed by atoms with van der Waals surface area (Å²) in [5.41, 5.74) is 6.09. The molecule has 1 aliphatic heterocycles. The van der Waals surface area contributed by atoms with Crippen LogP contribution in [0.15, 0.2) is 42.9 Å². The molecule has 4 heteroatoms. The first-order valence-corrected chi connectivity index (χ1v) is 10.0. The number of fused-ring (bicyclic) bond motifs is 1. The molecule has 2 aliphatic rings. The molecule has 1 saturated heterocycles. The minimum atomic E-state index is 0.435. The average Bonchev–Trinajstić information content (AvgIpc) is 3.37. The summed E-state index contributed by atoms with van der Waals surface area (Å²) < 4.78 is 0. The topological polar surface area (TPSA) is 44.8 Å². The van der Waals surface area contributed by atoms with Crippen LogP contribution in [0.1, 0.15) is 68.2 Å². The lowest BCUT2D eigenvalue weighted by Crippen LogP contribution is -2.22. The van der Waals surface area contributed by atoms with Crippen LogP contribution < -0.4 is 4.90 Å². The van der Waals surface area contributed by atoms with Gasteiger partial charge in [-0.1, -0.05) is 25.3 Å². The second-order valence-electron chi connectivity index (χ2n) is 7.81. The second kappa shape index (κ2) is 6.75. The van der Waals surface area contributed by atoms with Crippen LogP contribution in [0.4, 0.5) is 5.69 Å². The summed E-state index contributed by atoms with van der Waals surface area (Å²) in [5, 5.41) is 0. The molecule has 134 valence electrons. The van der Waals surface area contributed by atoms with E-state index >= 15 is 0 Å². The van der Waals surface area contributed by atoms with Crippen LogP contribution in [0.25, 0.3) is 11.0 Å². The van der Waals surface area contributed by atoms with Crippen molar-refractivity contribution in [1.82, 2.24) is 15.0 Å². The Morgan fingerprint density at radius 3 is 2.69 bits per heavy atom. The number of nitrogens with one attached hydrogen (secondary N) is 1. The second-order valence-corrected chi connectivity index (χ2v) is 7.81. The van der Waals surface area contributed by atoms with Crippen molar-refractivity contribution < 1.29 is 0 Å². The van der Waals surface area contributed by atoms with Crippen LogP contribution in [0.3, 0.4) is 0 Å². The SMILES string of the molecule is c1nc2ccc([C@H]3CCCN3c3ccc(C4CCCCC4)nc3)cc2[nH]1. The van der Waals surface area contributed by atoms with Gasteiger partial charge < -0.3 is 9.88 Å². The standard InChI is InChI=1S/C22H26N4/c1-2-5-16(6-3-1)19-11-9-18(14-23-19)26-12-4-7-22(26)17-8-10-20-21(13-17)25-15-24-20/h8-11,13-16,22H,1-7,12H2,(H,24,25)/t22-/m1/s1. The highest BCUT2D eigenvalue weighted by molar-refractivity contribution is 5.75. The van der Waals surface area contributed by atoms with Crippen LogP contribution in [0.2, 0.25) is 0 Å². The fourth-order valence-corrected chi connectivity index (χ4v) is 4.79. The molecule has 1 aromatic carbocycles. The van der Waals surface area contributed by atoms with Crippen molar-refractivity contribution in [3.05, 3.63) is 54.1 Å². The van der Waals surface area contributed by atoms with Crippen molar-refractivity contribution in [1.29, 1.82) is 0 Å².